The first kappa shape index (κ1) is 13.4. The Balaban J connectivity index is 2.08. The zero-order valence-corrected chi connectivity index (χ0v) is 12.3. The summed E-state index contributed by atoms with van der Waals surface area (Å²) < 4.78 is 7.93. The van der Waals surface area contributed by atoms with Gasteiger partial charge in [0, 0.05) is 23.0 Å². The molecule has 1 aliphatic rings. The molecule has 0 saturated carbocycles. The summed E-state index contributed by atoms with van der Waals surface area (Å²) in [5.74, 6) is 0.988. The van der Waals surface area contributed by atoms with Gasteiger partial charge in [0.25, 0.3) is 0 Å². The Labute approximate surface area is 119 Å². The van der Waals surface area contributed by atoms with Crippen molar-refractivity contribution in [2.75, 3.05) is 20.7 Å². The molecule has 0 fully saturated rings. The molecule has 3 rings (SSSR count). The standard InChI is InChI=1S/C15H22N4O/c1-10(16)8-19-15-11(7-17-19)4-5-14-13(15)6-12(9-20-14)18(2)3/h4-5,7,10,12H,6,8-9,16H2,1-3H3/t10-,12?/m0/s1. The van der Waals surface area contributed by atoms with Gasteiger partial charge in [-0.05, 0) is 39.6 Å². The van der Waals surface area contributed by atoms with Crippen LogP contribution in [-0.2, 0) is 13.0 Å². The molecular formula is C15H22N4O. The predicted molar refractivity (Wildman–Crippen MR) is 80.1 cm³/mol. The number of hydrogen-bond donors (Lipinski definition) is 1. The third kappa shape index (κ3) is 2.27. The molecule has 2 N–H and O–H groups in total. The number of nitrogens with zero attached hydrogens (tertiary/aromatic N) is 3. The van der Waals surface area contributed by atoms with Crippen molar-refractivity contribution >= 4 is 10.9 Å². The maximum atomic E-state index is 5.93. The van der Waals surface area contributed by atoms with Crippen LogP contribution in [0, 0.1) is 0 Å². The van der Waals surface area contributed by atoms with E-state index in [1.165, 1.54) is 11.1 Å². The van der Waals surface area contributed by atoms with E-state index in [0.717, 1.165) is 30.7 Å². The fourth-order valence-corrected chi connectivity index (χ4v) is 2.79. The molecule has 0 amide bonds. The molecule has 1 unspecified atom stereocenters. The van der Waals surface area contributed by atoms with Crippen LogP contribution < -0.4 is 10.5 Å². The van der Waals surface area contributed by atoms with E-state index in [2.05, 4.69) is 36.2 Å². The first-order valence-corrected chi connectivity index (χ1v) is 7.08. The molecule has 2 atom stereocenters. The second-order valence-electron chi connectivity index (χ2n) is 5.92. The van der Waals surface area contributed by atoms with E-state index < -0.39 is 0 Å². The molecule has 0 aliphatic carbocycles. The molecule has 0 radical (unpaired) electrons. The predicted octanol–water partition coefficient (Wildman–Crippen LogP) is 1.25. The smallest absolute Gasteiger partial charge is 0.124 e. The molecule has 1 aromatic carbocycles. The van der Waals surface area contributed by atoms with E-state index in [4.69, 9.17) is 10.5 Å². The van der Waals surface area contributed by atoms with Gasteiger partial charge in [-0.2, -0.15) is 5.10 Å². The van der Waals surface area contributed by atoms with Crippen molar-refractivity contribution in [1.82, 2.24) is 14.7 Å². The monoisotopic (exact) mass is 274 g/mol. The number of nitrogens with two attached hydrogens (primary N) is 1. The maximum Gasteiger partial charge on any atom is 0.124 e. The molecule has 2 aromatic rings. The van der Waals surface area contributed by atoms with Crippen LogP contribution in [0.15, 0.2) is 18.3 Å². The topological polar surface area (TPSA) is 56.3 Å². The van der Waals surface area contributed by atoms with Gasteiger partial charge in [0.1, 0.15) is 12.4 Å². The van der Waals surface area contributed by atoms with Gasteiger partial charge in [-0.3, -0.25) is 4.68 Å². The van der Waals surface area contributed by atoms with E-state index >= 15 is 0 Å². The van der Waals surface area contributed by atoms with E-state index in [1.54, 1.807) is 0 Å². The highest BCUT2D eigenvalue weighted by Crippen LogP contribution is 2.33. The van der Waals surface area contributed by atoms with Gasteiger partial charge in [-0.25, -0.2) is 0 Å². The first-order chi connectivity index (χ1) is 9.56. The minimum Gasteiger partial charge on any atom is -0.492 e. The van der Waals surface area contributed by atoms with E-state index in [0.29, 0.717) is 6.04 Å². The molecule has 0 bridgehead atoms. The molecule has 5 heteroatoms. The van der Waals surface area contributed by atoms with Gasteiger partial charge in [0.05, 0.1) is 18.3 Å². The lowest BCUT2D eigenvalue weighted by Crippen LogP contribution is -2.38. The zero-order valence-electron chi connectivity index (χ0n) is 12.3. The third-order valence-corrected chi connectivity index (χ3v) is 3.93. The Bertz CT molecular complexity index is 618. The molecule has 20 heavy (non-hydrogen) atoms. The highest BCUT2D eigenvalue weighted by atomic mass is 16.5. The first-order valence-electron chi connectivity index (χ1n) is 7.08. The SMILES string of the molecule is C[C@H](N)Cn1ncc2ccc3c(c21)CC(N(C)C)CO3. The number of aromatic nitrogens is 2. The van der Waals surface area contributed by atoms with Crippen molar-refractivity contribution in [3.8, 4) is 5.75 Å². The van der Waals surface area contributed by atoms with Gasteiger partial charge >= 0.3 is 0 Å². The summed E-state index contributed by atoms with van der Waals surface area (Å²) in [7, 11) is 4.19. The summed E-state index contributed by atoms with van der Waals surface area (Å²) in [6.07, 6.45) is 2.90. The summed E-state index contributed by atoms with van der Waals surface area (Å²) in [5.41, 5.74) is 8.35. The highest BCUT2D eigenvalue weighted by Gasteiger charge is 2.25. The summed E-state index contributed by atoms with van der Waals surface area (Å²) in [5, 5.41) is 5.64. The summed E-state index contributed by atoms with van der Waals surface area (Å²) in [4.78, 5) is 2.22. The fraction of sp³-hybridized carbons (Fsp3) is 0.533. The normalized spacial score (nSPS) is 19.9. The zero-order chi connectivity index (χ0) is 14.3. The Morgan fingerprint density at radius 2 is 2.30 bits per heavy atom. The molecule has 1 aliphatic heterocycles. The minimum absolute atomic E-state index is 0.0862. The number of likely N-dealkylation sites (N-methyl/N-ethyl adjacent to an activating group) is 1. The van der Waals surface area contributed by atoms with Gasteiger partial charge < -0.3 is 15.4 Å². The Kier molecular flexibility index (Phi) is 3.40. The van der Waals surface area contributed by atoms with Gasteiger partial charge in [-0.15, -0.1) is 0 Å². The molecule has 1 aromatic heterocycles. The molecule has 2 heterocycles. The van der Waals surface area contributed by atoms with Crippen LogP contribution in [-0.4, -0.2) is 47.5 Å². The largest absolute Gasteiger partial charge is 0.492 e. The van der Waals surface area contributed by atoms with Gasteiger partial charge in [0.15, 0.2) is 0 Å². The lowest BCUT2D eigenvalue weighted by Gasteiger charge is -2.30. The summed E-state index contributed by atoms with van der Waals surface area (Å²) in [6.45, 7) is 3.47. The van der Waals surface area contributed by atoms with Crippen LogP contribution in [0.1, 0.15) is 12.5 Å². The summed E-state index contributed by atoms with van der Waals surface area (Å²) in [6, 6.07) is 4.63. The highest BCUT2D eigenvalue weighted by molar-refractivity contribution is 5.84. The van der Waals surface area contributed by atoms with Crippen molar-refractivity contribution < 1.29 is 4.74 Å². The number of hydrogen-bond acceptors (Lipinski definition) is 4. The number of rotatable bonds is 3. The number of fused-ring (bicyclic) bond motifs is 3. The van der Waals surface area contributed by atoms with E-state index in [1.807, 2.05) is 17.8 Å². The molecule has 5 nitrogen and oxygen atoms in total. The quantitative estimate of drug-likeness (QED) is 0.915. The average molecular weight is 274 g/mol. The van der Waals surface area contributed by atoms with Gasteiger partial charge in [-0.1, -0.05) is 0 Å². The van der Waals surface area contributed by atoms with Crippen molar-refractivity contribution in [3.63, 3.8) is 0 Å². The second-order valence-corrected chi connectivity index (χ2v) is 5.92. The van der Waals surface area contributed by atoms with Crippen LogP contribution >= 0.6 is 0 Å². The van der Waals surface area contributed by atoms with Crippen molar-refractivity contribution in [3.05, 3.63) is 23.9 Å². The Morgan fingerprint density at radius 3 is 3.00 bits per heavy atom. The van der Waals surface area contributed by atoms with Crippen molar-refractivity contribution in [2.24, 2.45) is 5.73 Å². The van der Waals surface area contributed by atoms with Crippen LogP contribution in [0.5, 0.6) is 5.75 Å². The van der Waals surface area contributed by atoms with Crippen LogP contribution in [0.4, 0.5) is 0 Å². The van der Waals surface area contributed by atoms with Crippen molar-refractivity contribution in [2.45, 2.75) is 32.0 Å². The fourth-order valence-electron chi connectivity index (χ4n) is 2.79. The van der Waals surface area contributed by atoms with Crippen molar-refractivity contribution in [1.29, 1.82) is 0 Å². The van der Waals surface area contributed by atoms with Gasteiger partial charge in [0.2, 0.25) is 0 Å². The molecule has 108 valence electrons. The molecule has 0 spiro atoms. The number of ether oxygens (including phenoxy) is 1. The summed E-state index contributed by atoms with van der Waals surface area (Å²) >= 11 is 0. The number of benzene rings is 1. The maximum absolute atomic E-state index is 5.93. The minimum atomic E-state index is 0.0862. The van der Waals surface area contributed by atoms with E-state index in [-0.39, 0.29) is 6.04 Å². The molecular weight excluding hydrogens is 252 g/mol. The van der Waals surface area contributed by atoms with Crippen LogP contribution in [0.25, 0.3) is 10.9 Å². The average Bonchev–Trinajstić information content (AvgIpc) is 2.81. The third-order valence-electron chi connectivity index (χ3n) is 3.93. The lowest BCUT2D eigenvalue weighted by atomic mass is 9.99. The Morgan fingerprint density at radius 1 is 1.50 bits per heavy atom. The Hall–Kier alpha value is -1.59. The molecule has 0 saturated heterocycles. The van der Waals surface area contributed by atoms with E-state index in [9.17, 15) is 0 Å². The second kappa shape index (κ2) is 5.07. The lowest BCUT2D eigenvalue weighted by molar-refractivity contribution is 0.165. The van der Waals surface area contributed by atoms with Crippen LogP contribution in [0.3, 0.4) is 0 Å². The van der Waals surface area contributed by atoms with Crippen LogP contribution in [0.2, 0.25) is 0 Å².